The number of carbonyl (C=O) groups is 1. The Bertz CT molecular complexity index is 422. The van der Waals surface area contributed by atoms with Crippen molar-refractivity contribution in [2.24, 2.45) is 11.7 Å². The minimum atomic E-state index is -0.416. The van der Waals surface area contributed by atoms with E-state index in [-0.39, 0.29) is 0 Å². The van der Waals surface area contributed by atoms with Gasteiger partial charge >= 0.3 is 5.97 Å². The van der Waals surface area contributed by atoms with Crippen molar-refractivity contribution in [3.8, 4) is 0 Å². The smallest absolute Gasteiger partial charge is 0.356 e. The molecule has 2 unspecified atom stereocenters. The zero-order valence-corrected chi connectivity index (χ0v) is 10.6. The number of hydrogen-bond acceptors (Lipinski definition) is 5. The van der Waals surface area contributed by atoms with Crippen molar-refractivity contribution in [1.82, 2.24) is 4.98 Å². The standard InChI is InChI=1S/C13H19N3O2/c1-18-13(17)12-7-10(5-6-15-12)16-11-4-2-3-9(11)8-14/h5-7,9,11H,2-4,8,14H2,1H3,(H,15,16). The van der Waals surface area contributed by atoms with E-state index in [9.17, 15) is 4.79 Å². The van der Waals surface area contributed by atoms with Crippen LogP contribution >= 0.6 is 0 Å². The van der Waals surface area contributed by atoms with Crippen LogP contribution in [0.15, 0.2) is 18.3 Å². The van der Waals surface area contributed by atoms with Gasteiger partial charge in [0.05, 0.1) is 7.11 Å². The molecule has 0 saturated heterocycles. The van der Waals surface area contributed by atoms with Gasteiger partial charge in [0.1, 0.15) is 5.69 Å². The second-order valence-corrected chi connectivity index (χ2v) is 4.60. The number of pyridine rings is 1. The van der Waals surface area contributed by atoms with Crippen LogP contribution in [0.3, 0.4) is 0 Å². The fourth-order valence-corrected chi connectivity index (χ4v) is 2.46. The van der Waals surface area contributed by atoms with E-state index < -0.39 is 5.97 Å². The van der Waals surface area contributed by atoms with Crippen molar-refractivity contribution in [2.75, 3.05) is 19.0 Å². The molecule has 1 aliphatic rings. The number of rotatable bonds is 4. The van der Waals surface area contributed by atoms with Gasteiger partial charge in [-0.2, -0.15) is 0 Å². The van der Waals surface area contributed by atoms with Crippen LogP contribution < -0.4 is 11.1 Å². The van der Waals surface area contributed by atoms with Crippen LogP contribution in [0.4, 0.5) is 5.69 Å². The molecule has 0 bridgehead atoms. The highest BCUT2D eigenvalue weighted by Crippen LogP contribution is 2.27. The van der Waals surface area contributed by atoms with Crippen LogP contribution in [0.5, 0.6) is 0 Å². The molecule has 5 nitrogen and oxygen atoms in total. The van der Waals surface area contributed by atoms with E-state index in [1.807, 2.05) is 6.07 Å². The lowest BCUT2D eigenvalue weighted by atomic mass is 10.0. The first-order valence-electron chi connectivity index (χ1n) is 6.25. The van der Waals surface area contributed by atoms with Crippen LogP contribution in [0.25, 0.3) is 0 Å². The van der Waals surface area contributed by atoms with E-state index in [1.165, 1.54) is 20.0 Å². The van der Waals surface area contributed by atoms with Crippen LogP contribution in [-0.2, 0) is 4.74 Å². The van der Waals surface area contributed by atoms with Crippen LogP contribution in [0, 0.1) is 5.92 Å². The number of esters is 1. The lowest BCUT2D eigenvalue weighted by Gasteiger charge is -2.20. The maximum Gasteiger partial charge on any atom is 0.356 e. The Labute approximate surface area is 107 Å². The van der Waals surface area contributed by atoms with Crippen molar-refractivity contribution in [3.05, 3.63) is 24.0 Å². The molecule has 18 heavy (non-hydrogen) atoms. The molecule has 1 heterocycles. The second kappa shape index (κ2) is 5.82. The summed E-state index contributed by atoms with van der Waals surface area (Å²) in [5.74, 6) is 0.0974. The summed E-state index contributed by atoms with van der Waals surface area (Å²) in [7, 11) is 1.35. The zero-order chi connectivity index (χ0) is 13.0. The van der Waals surface area contributed by atoms with Crippen molar-refractivity contribution in [3.63, 3.8) is 0 Å². The quantitative estimate of drug-likeness (QED) is 0.789. The highest BCUT2D eigenvalue weighted by Gasteiger charge is 2.25. The Morgan fingerprint density at radius 1 is 1.61 bits per heavy atom. The fraction of sp³-hybridized carbons (Fsp3) is 0.538. The van der Waals surface area contributed by atoms with Crippen LogP contribution in [0.2, 0.25) is 0 Å². The van der Waals surface area contributed by atoms with Crippen LogP contribution in [-0.4, -0.2) is 30.6 Å². The molecule has 2 rings (SSSR count). The summed E-state index contributed by atoms with van der Waals surface area (Å²) in [4.78, 5) is 15.4. The summed E-state index contributed by atoms with van der Waals surface area (Å²) >= 11 is 0. The third-order valence-electron chi connectivity index (χ3n) is 3.47. The van der Waals surface area contributed by atoms with Gasteiger partial charge in [0.2, 0.25) is 0 Å². The minimum Gasteiger partial charge on any atom is -0.464 e. The van der Waals surface area contributed by atoms with Gasteiger partial charge in [0.25, 0.3) is 0 Å². The average Bonchev–Trinajstić information content (AvgIpc) is 2.85. The average molecular weight is 249 g/mol. The van der Waals surface area contributed by atoms with Crippen molar-refractivity contribution < 1.29 is 9.53 Å². The molecule has 98 valence electrons. The third-order valence-corrected chi connectivity index (χ3v) is 3.47. The first-order chi connectivity index (χ1) is 8.74. The van der Waals surface area contributed by atoms with Gasteiger partial charge in [-0.25, -0.2) is 9.78 Å². The number of aromatic nitrogens is 1. The maximum atomic E-state index is 11.4. The number of ether oxygens (including phenoxy) is 1. The Hall–Kier alpha value is -1.62. The molecule has 0 spiro atoms. The summed E-state index contributed by atoms with van der Waals surface area (Å²) in [6.45, 7) is 0.701. The van der Waals surface area contributed by atoms with E-state index in [2.05, 4.69) is 15.0 Å². The number of nitrogens with one attached hydrogen (secondary N) is 1. The lowest BCUT2D eigenvalue weighted by Crippen LogP contribution is -2.29. The summed E-state index contributed by atoms with van der Waals surface area (Å²) in [6, 6.07) is 3.97. The zero-order valence-electron chi connectivity index (χ0n) is 10.6. The van der Waals surface area contributed by atoms with Gasteiger partial charge in [-0.3, -0.25) is 0 Å². The van der Waals surface area contributed by atoms with Gasteiger partial charge in [0.15, 0.2) is 0 Å². The first-order valence-corrected chi connectivity index (χ1v) is 6.25. The third kappa shape index (κ3) is 2.79. The molecule has 1 fully saturated rings. The number of hydrogen-bond donors (Lipinski definition) is 2. The topological polar surface area (TPSA) is 77.2 Å². The summed E-state index contributed by atoms with van der Waals surface area (Å²) in [6.07, 6.45) is 5.11. The highest BCUT2D eigenvalue weighted by atomic mass is 16.5. The molecule has 0 aromatic carbocycles. The van der Waals surface area contributed by atoms with Gasteiger partial charge in [-0.05, 0) is 37.4 Å². The maximum absolute atomic E-state index is 11.4. The fourth-order valence-electron chi connectivity index (χ4n) is 2.46. The molecule has 1 aromatic rings. The summed E-state index contributed by atoms with van der Waals surface area (Å²) in [5, 5.41) is 3.43. The van der Waals surface area contributed by atoms with E-state index >= 15 is 0 Å². The summed E-state index contributed by atoms with van der Waals surface area (Å²) in [5.41, 5.74) is 6.97. The molecule has 5 heteroatoms. The molecule has 2 atom stereocenters. The highest BCUT2D eigenvalue weighted by molar-refractivity contribution is 5.88. The van der Waals surface area contributed by atoms with Gasteiger partial charge < -0.3 is 15.8 Å². The first kappa shape index (κ1) is 12.8. The van der Waals surface area contributed by atoms with Crippen molar-refractivity contribution in [2.45, 2.75) is 25.3 Å². The van der Waals surface area contributed by atoms with Gasteiger partial charge in [0, 0.05) is 17.9 Å². The molecule has 1 aliphatic carbocycles. The minimum absolute atomic E-state index is 0.324. The summed E-state index contributed by atoms with van der Waals surface area (Å²) < 4.78 is 4.65. The molecule has 1 saturated carbocycles. The number of nitrogens with two attached hydrogens (primary N) is 1. The molecule has 0 aliphatic heterocycles. The molecule has 1 aromatic heterocycles. The van der Waals surface area contributed by atoms with Gasteiger partial charge in [-0.1, -0.05) is 6.42 Å². The Kier molecular flexibility index (Phi) is 4.15. The second-order valence-electron chi connectivity index (χ2n) is 4.60. The van der Waals surface area contributed by atoms with E-state index in [4.69, 9.17) is 5.73 Å². The Balaban J connectivity index is 2.07. The van der Waals surface area contributed by atoms with Crippen LogP contribution in [0.1, 0.15) is 29.8 Å². The predicted octanol–water partition coefficient (Wildman–Crippen LogP) is 1.41. The molecular weight excluding hydrogens is 230 g/mol. The Morgan fingerprint density at radius 3 is 3.17 bits per heavy atom. The van der Waals surface area contributed by atoms with Crippen molar-refractivity contribution >= 4 is 11.7 Å². The van der Waals surface area contributed by atoms with E-state index in [1.54, 1.807) is 12.3 Å². The van der Waals surface area contributed by atoms with E-state index in [0.29, 0.717) is 24.2 Å². The SMILES string of the molecule is COC(=O)c1cc(NC2CCCC2CN)ccn1. The molecule has 0 radical (unpaired) electrons. The van der Waals surface area contributed by atoms with E-state index in [0.717, 1.165) is 12.1 Å². The Morgan fingerprint density at radius 2 is 2.44 bits per heavy atom. The van der Waals surface area contributed by atoms with Crippen molar-refractivity contribution in [1.29, 1.82) is 0 Å². The van der Waals surface area contributed by atoms with Gasteiger partial charge in [-0.15, -0.1) is 0 Å². The monoisotopic (exact) mass is 249 g/mol. The number of carbonyl (C=O) groups excluding carboxylic acids is 1. The molecule has 3 N–H and O–H groups in total. The largest absolute Gasteiger partial charge is 0.464 e. The number of anilines is 1. The number of nitrogens with zero attached hydrogens (tertiary/aromatic N) is 1. The lowest BCUT2D eigenvalue weighted by molar-refractivity contribution is 0.0594. The molecule has 0 amide bonds. The number of methoxy groups -OCH3 is 1. The molecular formula is C13H19N3O2. The predicted molar refractivity (Wildman–Crippen MR) is 69.4 cm³/mol. The normalized spacial score (nSPS) is 22.8.